The maximum Gasteiger partial charge on any atom is 0.227 e. The Kier molecular flexibility index (Phi) is 5.45. The number of hydrogen-bond donors (Lipinski definition) is 1. The van der Waals surface area contributed by atoms with E-state index in [-0.39, 0.29) is 17.7 Å². The first-order chi connectivity index (χ1) is 17.1. The highest BCUT2D eigenvalue weighted by Gasteiger charge is 2.45. The van der Waals surface area contributed by atoms with Crippen LogP contribution < -0.4 is 10.2 Å². The fourth-order valence-corrected chi connectivity index (χ4v) is 5.51. The summed E-state index contributed by atoms with van der Waals surface area (Å²) in [6.07, 6.45) is 5.92. The molecule has 0 unspecified atom stereocenters. The van der Waals surface area contributed by atoms with Crippen molar-refractivity contribution in [2.24, 2.45) is 11.8 Å². The molecule has 6 rings (SSSR count). The number of nitriles is 1. The number of hydrogen-bond acceptors (Lipinski definition) is 5. The number of anilines is 1. The quantitative estimate of drug-likeness (QED) is 0.630. The average molecular weight is 473 g/mol. The normalized spacial score (nSPS) is 26.5. The van der Waals surface area contributed by atoms with Crippen LogP contribution in [0.3, 0.4) is 0 Å². The van der Waals surface area contributed by atoms with Gasteiger partial charge in [0.1, 0.15) is 5.67 Å². The van der Waals surface area contributed by atoms with E-state index >= 15 is 4.39 Å². The molecule has 7 nitrogen and oxygen atoms in total. The van der Waals surface area contributed by atoms with Gasteiger partial charge in [-0.15, -0.1) is 0 Å². The Morgan fingerprint density at radius 3 is 2.63 bits per heavy atom. The summed E-state index contributed by atoms with van der Waals surface area (Å²) in [7, 11) is 0. The molecule has 2 aromatic heterocycles. The number of alkyl halides is 1. The number of carbonyl (C=O) groups is 1. The monoisotopic (exact) mass is 472 g/mol. The van der Waals surface area contributed by atoms with Crippen LogP contribution in [0.5, 0.6) is 0 Å². The van der Waals surface area contributed by atoms with Gasteiger partial charge in [-0.05, 0) is 49.1 Å². The molecule has 180 valence electrons. The van der Waals surface area contributed by atoms with Crippen LogP contribution in [-0.4, -0.2) is 59.7 Å². The number of benzene rings is 1. The molecule has 8 heteroatoms. The van der Waals surface area contributed by atoms with E-state index in [1.807, 2.05) is 45.9 Å². The van der Waals surface area contributed by atoms with E-state index in [4.69, 9.17) is 5.26 Å². The molecule has 1 aromatic carbocycles. The van der Waals surface area contributed by atoms with Gasteiger partial charge in [0.05, 0.1) is 29.1 Å². The first-order valence-corrected chi connectivity index (χ1v) is 12.5. The lowest BCUT2D eigenvalue weighted by atomic mass is 9.87. The zero-order valence-corrected chi connectivity index (χ0v) is 19.7. The molecular formula is C27H29FN6O. The minimum absolute atomic E-state index is 0.0941. The predicted molar refractivity (Wildman–Crippen MR) is 132 cm³/mol. The summed E-state index contributed by atoms with van der Waals surface area (Å²) in [4.78, 5) is 16.8. The van der Waals surface area contributed by atoms with Gasteiger partial charge in [-0.3, -0.25) is 4.79 Å². The molecule has 3 fully saturated rings. The fraction of sp³-hybridized carbons (Fsp3) is 0.444. The molecule has 3 aromatic rings. The van der Waals surface area contributed by atoms with Crippen LogP contribution in [0, 0.1) is 23.2 Å². The molecule has 0 radical (unpaired) electrons. The molecule has 0 spiro atoms. The van der Waals surface area contributed by atoms with Crippen molar-refractivity contribution in [3.63, 3.8) is 0 Å². The Bertz CT molecular complexity index is 1280. The molecule has 0 bridgehead atoms. The lowest BCUT2D eigenvalue weighted by Gasteiger charge is -2.36. The second-order valence-electron chi connectivity index (χ2n) is 9.99. The Morgan fingerprint density at radius 1 is 1.14 bits per heavy atom. The Labute approximate surface area is 204 Å². The summed E-state index contributed by atoms with van der Waals surface area (Å²) >= 11 is 0. The summed E-state index contributed by atoms with van der Waals surface area (Å²) in [5.41, 5.74) is 3.61. The van der Waals surface area contributed by atoms with Crippen LogP contribution >= 0.6 is 0 Å². The number of carbonyl (C=O) groups excluding carboxylic acids is 1. The maximum absolute atomic E-state index is 15.3. The highest BCUT2D eigenvalue weighted by molar-refractivity contribution is 5.83. The number of halogens is 1. The van der Waals surface area contributed by atoms with E-state index in [1.54, 1.807) is 6.20 Å². The first kappa shape index (κ1) is 22.1. The average Bonchev–Trinajstić information content (AvgIpc) is 3.57. The standard InChI is InChI=1S/C27H29FN6O/c28-27(7-1-8-30-18-27)22-4-2-19(3-5-22)21-15-25-24(6-9-31-34(25)17-21)32-10-12-33(13-11-32)26(35)23-14-20(23)16-29/h2-6,9,15,17,20,23,30H,1,7-8,10-14,18H2/t20-,23+,27+/m1/s1. The van der Waals surface area contributed by atoms with Gasteiger partial charge in [-0.2, -0.15) is 10.4 Å². The smallest absolute Gasteiger partial charge is 0.227 e. The third kappa shape index (κ3) is 4.04. The van der Waals surface area contributed by atoms with Gasteiger partial charge in [0, 0.05) is 50.7 Å². The van der Waals surface area contributed by atoms with Crippen LogP contribution in [-0.2, 0) is 10.5 Å². The Hall–Kier alpha value is -3.44. The molecule has 3 aliphatic rings. The summed E-state index contributed by atoms with van der Waals surface area (Å²) in [5.74, 6) is -0.0627. The van der Waals surface area contributed by atoms with Crippen molar-refractivity contribution in [3.05, 3.63) is 54.4 Å². The molecule has 1 saturated carbocycles. The number of nitrogens with one attached hydrogen (secondary N) is 1. The minimum atomic E-state index is -1.30. The van der Waals surface area contributed by atoms with Gasteiger partial charge in [0.2, 0.25) is 5.91 Å². The van der Waals surface area contributed by atoms with Crippen LogP contribution in [0.2, 0.25) is 0 Å². The van der Waals surface area contributed by atoms with E-state index in [1.165, 1.54) is 0 Å². The highest BCUT2D eigenvalue weighted by atomic mass is 19.1. The number of fused-ring (bicyclic) bond motifs is 1. The van der Waals surface area contributed by atoms with Crippen molar-refractivity contribution >= 4 is 17.1 Å². The topological polar surface area (TPSA) is 76.7 Å². The van der Waals surface area contributed by atoms with Gasteiger partial charge >= 0.3 is 0 Å². The molecule has 2 aliphatic heterocycles. The van der Waals surface area contributed by atoms with Crippen molar-refractivity contribution in [2.75, 3.05) is 44.2 Å². The number of piperidine rings is 1. The molecule has 1 N–H and O–H groups in total. The highest BCUT2D eigenvalue weighted by Crippen LogP contribution is 2.39. The van der Waals surface area contributed by atoms with Crippen molar-refractivity contribution in [2.45, 2.75) is 24.9 Å². The lowest BCUT2D eigenvalue weighted by molar-refractivity contribution is -0.133. The molecular weight excluding hydrogens is 443 g/mol. The second-order valence-corrected chi connectivity index (χ2v) is 9.99. The number of nitrogens with zero attached hydrogens (tertiary/aromatic N) is 5. The predicted octanol–water partition coefficient (Wildman–Crippen LogP) is 3.36. The van der Waals surface area contributed by atoms with Crippen molar-refractivity contribution in [3.8, 4) is 17.2 Å². The SMILES string of the molecule is N#C[C@H]1C[C@@H]1C(=O)N1CCN(c2ccnn3cc(-c4ccc([C@]5(F)CCCNC5)cc4)cc23)CC1. The van der Waals surface area contributed by atoms with Gasteiger partial charge in [0.15, 0.2) is 0 Å². The summed E-state index contributed by atoms with van der Waals surface area (Å²) < 4.78 is 17.2. The Balaban J connectivity index is 1.19. The molecule has 3 atom stereocenters. The molecule has 4 heterocycles. The largest absolute Gasteiger partial charge is 0.366 e. The fourth-order valence-electron chi connectivity index (χ4n) is 5.51. The van der Waals surface area contributed by atoms with Crippen molar-refractivity contribution in [1.29, 1.82) is 5.26 Å². The summed E-state index contributed by atoms with van der Waals surface area (Å²) in [6.45, 7) is 4.07. The van der Waals surface area contributed by atoms with Gasteiger partial charge in [0.25, 0.3) is 0 Å². The van der Waals surface area contributed by atoms with Crippen LogP contribution in [0.25, 0.3) is 16.6 Å². The van der Waals surface area contributed by atoms with E-state index < -0.39 is 5.67 Å². The molecule has 2 saturated heterocycles. The van der Waals surface area contributed by atoms with Crippen molar-refractivity contribution in [1.82, 2.24) is 19.8 Å². The van der Waals surface area contributed by atoms with E-state index in [0.717, 1.165) is 53.9 Å². The van der Waals surface area contributed by atoms with E-state index in [0.29, 0.717) is 32.5 Å². The van der Waals surface area contributed by atoms with Crippen LogP contribution in [0.1, 0.15) is 24.8 Å². The lowest BCUT2D eigenvalue weighted by Crippen LogP contribution is -2.49. The number of rotatable bonds is 4. The summed E-state index contributed by atoms with van der Waals surface area (Å²) in [5, 5.41) is 16.7. The number of piperazine rings is 1. The minimum Gasteiger partial charge on any atom is -0.366 e. The molecule has 35 heavy (non-hydrogen) atoms. The number of aromatic nitrogens is 2. The zero-order chi connectivity index (χ0) is 24.0. The first-order valence-electron chi connectivity index (χ1n) is 12.5. The number of amides is 1. The molecule has 1 aliphatic carbocycles. The van der Waals surface area contributed by atoms with Gasteiger partial charge in [-0.1, -0.05) is 24.3 Å². The van der Waals surface area contributed by atoms with E-state index in [9.17, 15) is 4.79 Å². The summed E-state index contributed by atoms with van der Waals surface area (Å²) in [6, 6.07) is 14.2. The zero-order valence-electron chi connectivity index (χ0n) is 19.7. The maximum atomic E-state index is 15.3. The third-order valence-electron chi connectivity index (χ3n) is 7.76. The van der Waals surface area contributed by atoms with Gasteiger partial charge < -0.3 is 15.1 Å². The van der Waals surface area contributed by atoms with Crippen LogP contribution in [0.15, 0.2) is 48.8 Å². The molecule has 1 amide bonds. The van der Waals surface area contributed by atoms with Crippen LogP contribution in [0.4, 0.5) is 10.1 Å². The third-order valence-corrected chi connectivity index (χ3v) is 7.76. The van der Waals surface area contributed by atoms with Crippen molar-refractivity contribution < 1.29 is 9.18 Å². The van der Waals surface area contributed by atoms with Gasteiger partial charge in [-0.25, -0.2) is 8.91 Å². The Morgan fingerprint density at radius 2 is 1.94 bits per heavy atom. The van der Waals surface area contributed by atoms with E-state index in [2.05, 4.69) is 27.5 Å². The second kappa shape index (κ2) is 8.65.